The van der Waals surface area contributed by atoms with Gasteiger partial charge in [-0.15, -0.1) is 0 Å². The Balaban J connectivity index is 1.26. The van der Waals surface area contributed by atoms with Crippen molar-refractivity contribution in [3.8, 4) is 11.5 Å². The highest BCUT2D eigenvalue weighted by molar-refractivity contribution is 5.99. The van der Waals surface area contributed by atoms with Crippen molar-refractivity contribution in [1.29, 1.82) is 0 Å². The Hall–Kier alpha value is -4.71. The standard InChI is InChI=1S/C34H36F2N8O2/c1-19-26-8-7-21-14-30(44(31(21)40-26)13-5-3-4-6-20-9-11-37-17-23(20)34(46)39-19)32-41-27-15-22(25(36)16-29(27)43(32)2)33(45)42-28-18-38-12-10-24(28)35/h7-9,11,14-17,19,24,28,38H,3-6,10,12-13,18H2,1-2H3,(H,39,46)(H,42,45)/t19-,24+,28+/m1/s1. The number of aromatic nitrogens is 5. The Bertz CT molecular complexity index is 1970. The summed E-state index contributed by atoms with van der Waals surface area (Å²) in [4.78, 5) is 40.3. The summed E-state index contributed by atoms with van der Waals surface area (Å²) in [6.07, 6.45) is 5.93. The van der Waals surface area contributed by atoms with Gasteiger partial charge in [0, 0.05) is 44.0 Å². The Morgan fingerprint density at radius 1 is 1.11 bits per heavy atom. The Morgan fingerprint density at radius 3 is 2.83 bits per heavy atom. The molecule has 10 nitrogen and oxygen atoms in total. The van der Waals surface area contributed by atoms with Crippen molar-refractivity contribution in [2.75, 3.05) is 13.1 Å². The summed E-state index contributed by atoms with van der Waals surface area (Å²) in [5.74, 6) is -0.927. The molecule has 2 bridgehead atoms. The second-order valence-corrected chi connectivity index (χ2v) is 12.3. The number of carbonyl (C=O) groups excluding carboxylic acids is 2. The van der Waals surface area contributed by atoms with Crippen molar-refractivity contribution in [3.05, 3.63) is 77.0 Å². The molecule has 1 aromatic carbocycles. The predicted molar refractivity (Wildman–Crippen MR) is 171 cm³/mol. The summed E-state index contributed by atoms with van der Waals surface area (Å²) in [7, 11) is 1.82. The van der Waals surface area contributed by atoms with Crippen LogP contribution in [0.5, 0.6) is 0 Å². The largest absolute Gasteiger partial charge is 0.345 e. The fourth-order valence-corrected chi connectivity index (χ4v) is 6.58. The lowest BCUT2D eigenvalue weighted by Crippen LogP contribution is -2.52. The van der Waals surface area contributed by atoms with E-state index < -0.39 is 23.9 Å². The van der Waals surface area contributed by atoms with E-state index in [1.807, 2.05) is 42.8 Å². The van der Waals surface area contributed by atoms with Crippen LogP contribution in [0.15, 0.2) is 48.8 Å². The Labute approximate surface area is 264 Å². The van der Waals surface area contributed by atoms with Gasteiger partial charge in [0.25, 0.3) is 11.8 Å². The van der Waals surface area contributed by atoms with E-state index in [9.17, 15) is 14.0 Å². The van der Waals surface area contributed by atoms with Gasteiger partial charge in [-0.3, -0.25) is 14.6 Å². The first-order chi connectivity index (χ1) is 22.3. The lowest BCUT2D eigenvalue weighted by molar-refractivity contribution is 0.0887. The first-order valence-electron chi connectivity index (χ1n) is 15.8. The molecule has 2 amide bonds. The smallest absolute Gasteiger partial charge is 0.254 e. The van der Waals surface area contributed by atoms with Crippen LogP contribution in [0, 0.1) is 5.82 Å². The molecule has 238 valence electrons. The zero-order chi connectivity index (χ0) is 31.9. The minimum atomic E-state index is -1.19. The zero-order valence-electron chi connectivity index (χ0n) is 25.8. The van der Waals surface area contributed by atoms with Crippen LogP contribution in [0.3, 0.4) is 0 Å². The van der Waals surface area contributed by atoms with Crippen LogP contribution in [-0.4, -0.2) is 61.2 Å². The molecule has 2 aliphatic rings. The molecule has 0 saturated carbocycles. The van der Waals surface area contributed by atoms with Crippen molar-refractivity contribution in [2.45, 2.75) is 63.8 Å². The summed E-state index contributed by atoms with van der Waals surface area (Å²) in [6.45, 7) is 3.43. The molecule has 1 fully saturated rings. The number of nitrogens with zero attached hydrogens (tertiary/aromatic N) is 5. The van der Waals surface area contributed by atoms with Gasteiger partial charge in [0.05, 0.1) is 45.6 Å². The zero-order valence-corrected chi connectivity index (χ0v) is 25.8. The maximum Gasteiger partial charge on any atom is 0.254 e. The molecule has 46 heavy (non-hydrogen) atoms. The van der Waals surface area contributed by atoms with E-state index in [-0.39, 0.29) is 17.5 Å². The number of piperidine rings is 1. The van der Waals surface area contributed by atoms with Crippen molar-refractivity contribution in [3.63, 3.8) is 0 Å². The molecule has 0 radical (unpaired) electrons. The van der Waals surface area contributed by atoms with E-state index >= 15 is 4.39 Å². The van der Waals surface area contributed by atoms with Gasteiger partial charge in [0.1, 0.15) is 17.6 Å². The van der Waals surface area contributed by atoms with Gasteiger partial charge < -0.3 is 25.1 Å². The van der Waals surface area contributed by atoms with E-state index in [1.165, 1.54) is 12.1 Å². The number of alkyl halides is 1. The number of carbonyl (C=O) groups is 2. The van der Waals surface area contributed by atoms with Crippen LogP contribution < -0.4 is 16.0 Å². The van der Waals surface area contributed by atoms with Gasteiger partial charge in [0.2, 0.25) is 0 Å². The average Bonchev–Trinajstić information content (AvgIpc) is 3.57. The Kier molecular flexibility index (Phi) is 7.97. The second kappa shape index (κ2) is 12.2. The third kappa shape index (κ3) is 5.51. The third-order valence-corrected chi connectivity index (χ3v) is 9.20. The molecule has 7 rings (SSSR count). The number of rotatable bonds is 3. The summed E-state index contributed by atoms with van der Waals surface area (Å²) in [5, 5.41) is 9.71. The van der Waals surface area contributed by atoms with Gasteiger partial charge in [-0.25, -0.2) is 18.7 Å². The summed E-state index contributed by atoms with van der Waals surface area (Å²) >= 11 is 0. The van der Waals surface area contributed by atoms with Crippen molar-refractivity contribution in [2.24, 2.45) is 7.05 Å². The minimum Gasteiger partial charge on any atom is -0.345 e. The highest BCUT2D eigenvalue weighted by Crippen LogP contribution is 2.32. The fourth-order valence-electron chi connectivity index (χ4n) is 6.58. The van der Waals surface area contributed by atoms with Crippen LogP contribution in [0.25, 0.3) is 33.6 Å². The van der Waals surface area contributed by atoms with E-state index in [0.29, 0.717) is 48.5 Å². The number of nitrogens with one attached hydrogen (secondary N) is 3. The molecule has 1 saturated heterocycles. The normalized spacial score (nSPS) is 20.8. The van der Waals surface area contributed by atoms with Crippen LogP contribution in [0.4, 0.5) is 8.78 Å². The van der Waals surface area contributed by atoms with Gasteiger partial charge in [-0.1, -0.05) is 6.42 Å². The number of halogens is 2. The number of amides is 2. The molecule has 4 aromatic heterocycles. The van der Waals surface area contributed by atoms with Crippen molar-refractivity contribution < 1.29 is 18.4 Å². The molecule has 6 heterocycles. The summed E-state index contributed by atoms with van der Waals surface area (Å²) in [5.41, 5.74) is 4.70. The van der Waals surface area contributed by atoms with Crippen LogP contribution in [0.2, 0.25) is 0 Å². The van der Waals surface area contributed by atoms with Crippen LogP contribution in [-0.2, 0) is 20.0 Å². The number of hydrogen-bond acceptors (Lipinski definition) is 6. The number of imidazole rings is 1. The molecule has 3 N–H and O–H groups in total. The monoisotopic (exact) mass is 626 g/mol. The first kappa shape index (κ1) is 30.0. The summed E-state index contributed by atoms with van der Waals surface area (Å²) in [6, 6.07) is 9.52. The maximum absolute atomic E-state index is 15.3. The van der Waals surface area contributed by atoms with Crippen LogP contribution in [0.1, 0.15) is 70.6 Å². The van der Waals surface area contributed by atoms with Gasteiger partial charge in [0.15, 0.2) is 5.82 Å². The second-order valence-electron chi connectivity index (χ2n) is 12.3. The molecule has 0 spiro atoms. The quantitative estimate of drug-likeness (QED) is 0.266. The Morgan fingerprint density at radius 2 is 1.98 bits per heavy atom. The molecule has 0 aliphatic carbocycles. The van der Waals surface area contributed by atoms with Gasteiger partial charge in [-0.05, 0) is 75.0 Å². The SMILES string of the molecule is C[C@H]1NC(=O)c2cnccc2CCCCCn2c(-c3nc4cc(C(=O)N[C@H]5CNCC[C@@H]5F)c(F)cc4n3C)cc3ccc1nc32. The topological polar surface area (TPSA) is 119 Å². The van der Waals surface area contributed by atoms with Gasteiger partial charge in [-0.2, -0.15) is 0 Å². The molecule has 2 aliphatic heterocycles. The van der Waals surface area contributed by atoms with Gasteiger partial charge >= 0.3 is 0 Å². The number of pyridine rings is 2. The molecular weight excluding hydrogens is 590 g/mol. The third-order valence-electron chi connectivity index (χ3n) is 9.20. The van der Waals surface area contributed by atoms with E-state index in [2.05, 4.69) is 25.5 Å². The fraction of sp³-hybridized carbons (Fsp3) is 0.382. The molecule has 5 aromatic rings. The van der Waals surface area contributed by atoms with E-state index in [0.717, 1.165) is 53.7 Å². The maximum atomic E-state index is 15.3. The average molecular weight is 627 g/mol. The minimum absolute atomic E-state index is 0.170. The molecule has 0 unspecified atom stereocenters. The molecule has 3 atom stereocenters. The number of hydrogen-bond donors (Lipinski definition) is 3. The highest BCUT2D eigenvalue weighted by atomic mass is 19.1. The molecule has 12 heteroatoms. The lowest BCUT2D eigenvalue weighted by Gasteiger charge is -2.27. The highest BCUT2D eigenvalue weighted by Gasteiger charge is 2.28. The van der Waals surface area contributed by atoms with Crippen LogP contribution >= 0.6 is 0 Å². The molecular formula is C34H36F2N8O2. The number of benzene rings is 1. The first-order valence-corrected chi connectivity index (χ1v) is 15.8. The number of aryl methyl sites for hydroxylation is 3. The van der Waals surface area contributed by atoms with Crippen molar-refractivity contribution >= 4 is 33.9 Å². The lowest BCUT2D eigenvalue weighted by atomic mass is 10.0. The summed E-state index contributed by atoms with van der Waals surface area (Å²) < 4.78 is 33.7. The van der Waals surface area contributed by atoms with E-state index in [1.54, 1.807) is 12.4 Å². The van der Waals surface area contributed by atoms with E-state index in [4.69, 9.17) is 9.97 Å². The van der Waals surface area contributed by atoms with Crippen molar-refractivity contribution in [1.82, 2.24) is 40.0 Å². The number of fused-ring (bicyclic) bond motifs is 3. The predicted octanol–water partition coefficient (Wildman–Crippen LogP) is 4.77.